The summed E-state index contributed by atoms with van der Waals surface area (Å²) in [5.74, 6) is 0. The molecule has 2 nitrogen and oxygen atoms in total. The topological polar surface area (TPSA) is 24.7 Å². The van der Waals surface area contributed by atoms with Crippen LogP contribution in [0.25, 0.3) is 0 Å². The Bertz CT molecular complexity index is 306. The van der Waals surface area contributed by atoms with Crippen molar-refractivity contribution < 1.29 is 0 Å². The van der Waals surface area contributed by atoms with Crippen LogP contribution < -0.4 is 0 Å². The van der Waals surface area contributed by atoms with Crippen LogP contribution in [-0.2, 0) is 0 Å². The molecule has 0 saturated heterocycles. The average molecular weight is 333 g/mol. The van der Waals surface area contributed by atoms with E-state index in [0.29, 0.717) is 0 Å². The van der Waals surface area contributed by atoms with Crippen LogP contribution in [-0.4, -0.2) is 11.4 Å². The Labute approximate surface area is 150 Å². The first-order valence-corrected chi connectivity index (χ1v) is 11.1. The maximum atomic E-state index is 4.77. The molecule has 0 atom stereocenters. The zero-order valence-electron chi connectivity index (χ0n) is 16.0. The van der Waals surface area contributed by atoms with E-state index in [9.17, 15) is 0 Å². The summed E-state index contributed by atoms with van der Waals surface area (Å²) >= 11 is 0. The molecule has 2 saturated carbocycles. The SMILES string of the molecule is C1CCCCCC(=NN=C2CCCCCCCCCC2)CCCC1. The highest BCUT2D eigenvalue weighted by Crippen LogP contribution is 2.17. The molecule has 2 aliphatic rings. The van der Waals surface area contributed by atoms with E-state index in [1.807, 2.05) is 0 Å². The standard InChI is InChI=1S/C22H40N2/c1-2-6-10-14-18-21(17-13-9-5-1)23-24-22-19-15-11-7-3-4-8-12-16-20-22/h1-20H2. The van der Waals surface area contributed by atoms with Crippen molar-refractivity contribution >= 4 is 11.4 Å². The van der Waals surface area contributed by atoms with E-state index < -0.39 is 0 Å². The molecule has 0 spiro atoms. The fourth-order valence-corrected chi connectivity index (χ4v) is 4.03. The monoisotopic (exact) mass is 332 g/mol. The van der Waals surface area contributed by atoms with E-state index >= 15 is 0 Å². The third-order valence-corrected chi connectivity index (χ3v) is 5.69. The Kier molecular flexibility index (Phi) is 11.2. The van der Waals surface area contributed by atoms with Gasteiger partial charge in [0, 0.05) is 11.4 Å². The lowest BCUT2D eigenvalue weighted by Crippen LogP contribution is -2.02. The second-order valence-electron chi connectivity index (χ2n) is 7.99. The lowest BCUT2D eigenvalue weighted by molar-refractivity contribution is 0.585. The summed E-state index contributed by atoms with van der Waals surface area (Å²) in [5, 5.41) is 9.53. The van der Waals surface area contributed by atoms with Crippen molar-refractivity contribution in [3.05, 3.63) is 0 Å². The minimum Gasteiger partial charge on any atom is -0.160 e. The summed E-state index contributed by atoms with van der Waals surface area (Å²) < 4.78 is 0. The molecule has 0 aromatic rings. The normalized spacial score (nSPS) is 23.7. The van der Waals surface area contributed by atoms with Crippen LogP contribution >= 0.6 is 0 Å². The molecule has 0 N–H and O–H groups in total. The van der Waals surface area contributed by atoms with Gasteiger partial charge in [-0.15, -0.1) is 0 Å². The molecule has 0 bridgehead atoms. The van der Waals surface area contributed by atoms with Crippen LogP contribution in [0.1, 0.15) is 128 Å². The summed E-state index contributed by atoms with van der Waals surface area (Å²) in [4.78, 5) is 0. The van der Waals surface area contributed by atoms with Crippen molar-refractivity contribution in [3.8, 4) is 0 Å². The molecule has 0 aromatic heterocycles. The van der Waals surface area contributed by atoms with Crippen molar-refractivity contribution in [2.75, 3.05) is 0 Å². The molecule has 2 aliphatic carbocycles. The van der Waals surface area contributed by atoms with Crippen LogP contribution in [0.4, 0.5) is 0 Å². The van der Waals surface area contributed by atoms with Gasteiger partial charge in [-0.1, -0.05) is 77.0 Å². The molecule has 0 amide bonds. The van der Waals surface area contributed by atoms with E-state index in [1.165, 1.54) is 140 Å². The third-order valence-electron chi connectivity index (χ3n) is 5.69. The van der Waals surface area contributed by atoms with E-state index in [0.717, 1.165) is 0 Å². The molecule has 0 aliphatic heterocycles. The zero-order chi connectivity index (χ0) is 16.7. The summed E-state index contributed by atoms with van der Waals surface area (Å²) in [6, 6.07) is 0. The lowest BCUT2D eigenvalue weighted by Gasteiger charge is -2.06. The first kappa shape index (κ1) is 19.7. The number of hydrogen-bond acceptors (Lipinski definition) is 2. The fraction of sp³-hybridized carbons (Fsp3) is 0.909. The van der Waals surface area contributed by atoms with Gasteiger partial charge in [-0.3, -0.25) is 0 Å². The Morgan fingerprint density at radius 1 is 0.292 bits per heavy atom. The van der Waals surface area contributed by atoms with E-state index in [-0.39, 0.29) is 0 Å². The summed E-state index contributed by atoms with van der Waals surface area (Å²) in [5.41, 5.74) is 2.78. The Morgan fingerprint density at radius 2 is 0.500 bits per heavy atom. The summed E-state index contributed by atoms with van der Waals surface area (Å²) in [6.45, 7) is 0. The van der Waals surface area contributed by atoms with Crippen molar-refractivity contribution in [2.45, 2.75) is 128 Å². The van der Waals surface area contributed by atoms with Crippen molar-refractivity contribution in [1.82, 2.24) is 0 Å². The molecular formula is C22H40N2. The maximum Gasteiger partial charge on any atom is 0.0405 e. The average Bonchev–Trinajstić information content (AvgIpc) is 2.70. The predicted molar refractivity (Wildman–Crippen MR) is 107 cm³/mol. The molecular weight excluding hydrogens is 292 g/mol. The van der Waals surface area contributed by atoms with Gasteiger partial charge in [0.25, 0.3) is 0 Å². The highest BCUT2D eigenvalue weighted by atomic mass is 15.2. The second-order valence-corrected chi connectivity index (χ2v) is 7.99. The van der Waals surface area contributed by atoms with Crippen LogP contribution in [0.5, 0.6) is 0 Å². The molecule has 0 radical (unpaired) electrons. The number of hydrogen-bond donors (Lipinski definition) is 0. The highest BCUT2D eigenvalue weighted by molar-refractivity contribution is 5.88. The molecule has 2 heteroatoms. The first-order valence-electron chi connectivity index (χ1n) is 11.1. The zero-order valence-corrected chi connectivity index (χ0v) is 16.0. The molecule has 138 valence electrons. The van der Waals surface area contributed by atoms with Gasteiger partial charge in [-0.25, -0.2) is 0 Å². The number of rotatable bonds is 1. The third kappa shape index (κ3) is 9.59. The van der Waals surface area contributed by atoms with Crippen molar-refractivity contribution in [1.29, 1.82) is 0 Å². The number of nitrogens with zero attached hydrogens (tertiary/aromatic N) is 2. The van der Waals surface area contributed by atoms with Gasteiger partial charge in [-0.05, 0) is 51.4 Å². The van der Waals surface area contributed by atoms with Gasteiger partial charge in [-0.2, -0.15) is 10.2 Å². The molecule has 0 unspecified atom stereocenters. The van der Waals surface area contributed by atoms with E-state index in [1.54, 1.807) is 0 Å². The van der Waals surface area contributed by atoms with Crippen LogP contribution in [0.15, 0.2) is 10.2 Å². The van der Waals surface area contributed by atoms with Crippen molar-refractivity contribution in [3.63, 3.8) is 0 Å². The first-order chi connectivity index (χ1) is 11.9. The minimum atomic E-state index is 1.19. The smallest absolute Gasteiger partial charge is 0.0405 e. The molecule has 0 heterocycles. The van der Waals surface area contributed by atoms with E-state index in [4.69, 9.17) is 10.2 Å². The van der Waals surface area contributed by atoms with Crippen molar-refractivity contribution in [2.24, 2.45) is 10.2 Å². The van der Waals surface area contributed by atoms with E-state index in [2.05, 4.69) is 0 Å². The Balaban J connectivity index is 1.88. The summed E-state index contributed by atoms with van der Waals surface area (Å²) in [7, 11) is 0. The lowest BCUT2D eigenvalue weighted by atomic mass is 10.1. The summed E-state index contributed by atoms with van der Waals surface area (Å²) in [6.07, 6.45) is 27.0. The predicted octanol–water partition coefficient (Wildman–Crippen LogP) is 7.61. The minimum absolute atomic E-state index is 1.19. The maximum absolute atomic E-state index is 4.77. The molecule has 2 fully saturated rings. The van der Waals surface area contributed by atoms with Crippen LogP contribution in [0.2, 0.25) is 0 Å². The second kappa shape index (κ2) is 13.6. The molecule has 2 rings (SSSR count). The van der Waals surface area contributed by atoms with Gasteiger partial charge in [0.1, 0.15) is 0 Å². The Morgan fingerprint density at radius 3 is 0.750 bits per heavy atom. The van der Waals surface area contributed by atoms with Gasteiger partial charge in [0.15, 0.2) is 0 Å². The fourth-order valence-electron chi connectivity index (χ4n) is 4.03. The van der Waals surface area contributed by atoms with Gasteiger partial charge < -0.3 is 0 Å². The Hall–Kier alpha value is -0.660. The molecule has 0 aromatic carbocycles. The van der Waals surface area contributed by atoms with Gasteiger partial charge >= 0.3 is 0 Å². The van der Waals surface area contributed by atoms with Gasteiger partial charge in [0.2, 0.25) is 0 Å². The largest absolute Gasteiger partial charge is 0.160 e. The van der Waals surface area contributed by atoms with Gasteiger partial charge in [0.05, 0.1) is 0 Å². The van der Waals surface area contributed by atoms with Crippen LogP contribution in [0, 0.1) is 0 Å². The quantitative estimate of drug-likeness (QED) is 0.441. The molecule has 24 heavy (non-hydrogen) atoms. The van der Waals surface area contributed by atoms with Crippen LogP contribution in [0.3, 0.4) is 0 Å². The highest BCUT2D eigenvalue weighted by Gasteiger charge is 2.06.